The fourth-order valence-corrected chi connectivity index (χ4v) is 2.59. The van der Waals surface area contributed by atoms with Crippen LogP contribution in [-0.4, -0.2) is 20.1 Å². The third kappa shape index (κ3) is 5.16. The number of benzene rings is 2. The maximum atomic E-state index is 12.5. The number of carbonyl (C=O) groups is 1. The zero-order valence-corrected chi connectivity index (χ0v) is 17.0. The molecule has 0 saturated heterocycles. The minimum absolute atomic E-state index is 0.237. The van der Waals surface area contributed by atoms with Crippen LogP contribution in [0.2, 0.25) is 0 Å². The second-order valence-corrected chi connectivity index (χ2v) is 5.77. The van der Waals surface area contributed by atoms with Crippen LogP contribution in [0, 0.1) is 0 Å². The van der Waals surface area contributed by atoms with Crippen LogP contribution in [0.25, 0.3) is 11.3 Å². The topological polar surface area (TPSA) is 60.7 Å². The Balaban J connectivity index is 0.00000136. The average molecular weight is 381 g/mol. The molecule has 0 aliphatic heterocycles. The Morgan fingerprint density at radius 2 is 1.54 bits per heavy atom. The Morgan fingerprint density at radius 1 is 0.929 bits per heavy atom. The summed E-state index contributed by atoms with van der Waals surface area (Å²) in [5, 5.41) is 2.80. The first kappa shape index (κ1) is 21.1. The predicted molar refractivity (Wildman–Crippen MR) is 112 cm³/mol. The van der Waals surface area contributed by atoms with Gasteiger partial charge in [-0.05, 0) is 24.1 Å². The van der Waals surface area contributed by atoms with E-state index in [4.69, 9.17) is 13.9 Å². The molecule has 1 heterocycles. The second-order valence-electron chi connectivity index (χ2n) is 5.77. The van der Waals surface area contributed by atoms with Gasteiger partial charge in [-0.2, -0.15) is 0 Å². The minimum atomic E-state index is -0.336. The van der Waals surface area contributed by atoms with Crippen molar-refractivity contribution in [1.29, 1.82) is 0 Å². The van der Waals surface area contributed by atoms with Crippen LogP contribution in [0.4, 0.5) is 5.69 Å². The highest BCUT2D eigenvalue weighted by Crippen LogP contribution is 2.27. The van der Waals surface area contributed by atoms with Gasteiger partial charge in [0.15, 0.2) is 5.76 Å². The quantitative estimate of drug-likeness (QED) is 0.586. The average Bonchev–Trinajstić information content (AvgIpc) is 3.25. The number of amides is 1. The highest BCUT2D eigenvalue weighted by molar-refractivity contribution is 6.02. The largest absolute Gasteiger partial charge is 0.497 e. The van der Waals surface area contributed by atoms with Gasteiger partial charge in [-0.15, -0.1) is 0 Å². The monoisotopic (exact) mass is 381 g/mol. The van der Waals surface area contributed by atoms with Crippen LogP contribution >= 0.6 is 0 Å². The van der Waals surface area contributed by atoms with Crippen LogP contribution in [0.15, 0.2) is 59.0 Å². The number of furan rings is 1. The molecule has 0 spiro atoms. The zero-order chi connectivity index (χ0) is 20.5. The normalized spacial score (nSPS) is 9.89. The lowest BCUT2D eigenvalue weighted by molar-refractivity contribution is 0.0997. The SMILES string of the molecule is CC.CCc1ccc(-c2ccc(C(=O)Nc3cc(OC)cc(OC)c3)o2)cc1. The molecule has 0 fully saturated rings. The van der Waals surface area contributed by atoms with E-state index in [0.717, 1.165) is 12.0 Å². The summed E-state index contributed by atoms with van der Waals surface area (Å²) in [6.07, 6.45) is 0.982. The van der Waals surface area contributed by atoms with Crippen LogP contribution < -0.4 is 14.8 Å². The van der Waals surface area contributed by atoms with Gasteiger partial charge in [0.05, 0.1) is 14.2 Å². The van der Waals surface area contributed by atoms with Gasteiger partial charge in [-0.3, -0.25) is 4.79 Å². The standard InChI is InChI=1S/C21H21NO4.C2H6/c1-4-14-5-7-15(8-6-14)19-9-10-20(26-19)21(23)22-16-11-17(24-2)13-18(12-16)25-3;1-2/h5-13H,4H2,1-3H3,(H,22,23);1-2H3. The fraction of sp³-hybridized carbons (Fsp3) is 0.261. The van der Waals surface area contributed by atoms with E-state index in [0.29, 0.717) is 22.9 Å². The summed E-state index contributed by atoms with van der Waals surface area (Å²) >= 11 is 0. The molecule has 148 valence electrons. The summed E-state index contributed by atoms with van der Waals surface area (Å²) in [4.78, 5) is 12.5. The molecule has 3 rings (SSSR count). The molecule has 3 aromatic rings. The van der Waals surface area contributed by atoms with Gasteiger partial charge in [-0.25, -0.2) is 0 Å². The Kier molecular flexibility index (Phi) is 7.69. The van der Waals surface area contributed by atoms with Crippen molar-refractivity contribution in [3.8, 4) is 22.8 Å². The minimum Gasteiger partial charge on any atom is -0.497 e. The van der Waals surface area contributed by atoms with Crippen molar-refractivity contribution in [2.24, 2.45) is 0 Å². The first-order valence-electron chi connectivity index (χ1n) is 9.36. The summed E-state index contributed by atoms with van der Waals surface area (Å²) < 4.78 is 16.1. The summed E-state index contributed by atoms with van der Waals surface area (Å²) in [6.45, 7) is 6.11. The third-order valence-corrected chi connectivity index (χ3v) is 4.09. The number of rotatable bonds is 6. The molecule has 5 heteroatoms. The van der Waals surface area contributed by atoms with Crippen LogP contribution in [-0.2, 0) is 6.42 Å². The van der Waals surface area contributed by atoms with E-state index in [1.54, 1.807) is 44.6 Å². The summed E-state index contributed by atoms with van der Waals surface area (Å²) in [5.74, 6) is 1.74. The number of hydrogen-bond donors (Lipinski definition) is 1. The van der Waals surface area contributed by atoms with Crippen molar-refractivity contribution in [3.05, 3.63) is 65.9 Å². The molecule has 1 N–H and O–H groups in total. The molecule has 0 unspecified atom stereocenters. The summed E-state index contributed by atoms with van der Waals surface area (Å²) in [5.41, 5.74) is 2.76. The van der Waals surface area contributed by atoms with E-state index < -0.39 is 0 Å². The molecule has 0 aliphatic carbocycles. The van der Waals surface area contributed by atoms with Gasteiger partial charge in [-0.1, -0.05) is 45.0 Å². The second kappa shape index (κ2) is 10.2. The summed E-state index contributed by atoms with van der Waals surface area (Å²) in [7, 11) is 3.12. The lowest BCUT2D eigenvalue weighted by Gasteiger charge is -2.09. The number of hydrogen-bond acceptors (Lipinski definition) is 4. The number of anilines is 1. The Hall–Kier alpha value is -3.21. The van der Waals surface area contributed by atoms with Crippen LogP contribution in [0.5, 0.6) is 11.5 Å². The first-order chi connectivity index (χ1) is 13.6. The Bertz CT molecular complexity index is 875. The van der Waals surface area contributed by atoms with Crippen molar-refractivity contribution >= 4 is 11.6 Å². The number of methoxy groups -OCH3 is 2. The maximum Gasteiger partial charge on any atom is 0.291 e. The molecule has 0 saturated carbocycles. The van der Waals surface area contributed by atoms with Gasteiger partial charge in [0.2, 0.25) is 0 Å². The van der Waals surface area contributed by atoms with Crippen LogP contribution in [0.3, 0.4) is 0 Å². The van der Waals surface area contributed by atoms with Gasteiger partial charge in [0.1, 0.15) is 17.3 Å². The molecule has 1 aromatic heterocycles. The molecule has 5 nitrogen and oxygen atoms in total. The number of carbonyl (C=O) groups excluding carboxylic acids is 1. The predicted octanol–water partition coefficient (Wildman–Crippen LogP) is 5.80. The molecular formula is C23H27NO4. The van der Waals surface area contributed by atoms with E-state index in [-0.39, 0.29) is 11.7 Å². The van der Waals surface area contributed by atoms with Crippen molar-refractivity contribution in [3.63, 3.8) is 0 Å². The zero-order valence-electron chi connectivity index (χ0n) is 17.0. The summed E-state index contributed by atoms with van der Waals surface area (Å²) in [6, 6.07) is 16.7. The van der Waals surface area contributed by atoms with Crippen molar-refractivity contribution in [1.82, 2.24) is 0 Å². The van der Waals surface area contributed by atoms with Gasteiger partial charge in [0.25, 0.3) is 5.91 Å². The first-order valence-corrected chi connectivity index (χ1v) is 9.36. The van der Waals surface area contributed by atoms with Crippen molar-refractivity contribution in [2.45, 2.75) is 27.2 Å². The molecular weight excluding hydrogens is 354 g/mol. The Morgan fingerprint density at radius 3 is 2.07 bits per heavy atom. The number of ether oxygens (including phenoxy) is 2. The molecule has 0 atom stereocenters. The van der Waals surface area contributed by atoms with Crippen molar-refractivity contribution < 1.29 is 18.7 Å². The van der Waals surface area contributed by atoms with Gasteiger partial charge >= 0.3 is 0 Å². The lowest BCUT2D eigenvalue weighted by atomic mass is 10.1. The van der Waals surface area contributed by atoms with Gasteiger partial charge < -0.3 is 19.2 Å². The van der Waals surface area contributed by atoms with E-state index >= 15 is 0 Å². The van der Waals surface area contributed by atoms with E-state index in [1.165, 1.54) is 5.56 Å². The molecule has 0 bridgehead atoms. The lowest BCUT2D eigenvalue weighted by Crippen LogP contribution is -2.11. The van der Waals surface area contributed by atoms with Crippen LogP contribution in [0.1, 0.15) is 36.9 Å². The van der Waals surface area contributed by atoms with E-state index in [9.17, 15) is 4.79 Å². The molecule has 28 heavy (non-hydrogen) atoms. The van der Waals surface area contributed by atoms with E-state index in [2.05, 4.69) is 24.4 Å². The fourth-order valence-electron chi connectivity index (χ4n) is 2.59. The highest BCUT2D eigenvalue weighted by atomic mass is 16.5. The van der Waals surface area contributed by atoms with E-state index in [1.807, 2.05) is 26.0 Å². The smallest absolute Gasteiger partial charge is 0.291 e. The molecule has 0 aliphatic rings. The maximum absolute atomic E-state index is 12.5. The van der Waals surface area contributed by atoms with Gasteiger partial charge in [0, 0.05) is 29.4 Å². The third-order valence-electron chi connectivity index (χ3n) is 4.09. The molecule has 2 aromatic carbocycles. The Labute approximate surface area is 166 Å². The highest BCUT2D eigenvalue weighted by Gasteiger charge is 2.14. The van der Waals surface area contributed by atoms with Crippen molar-refractivity contribution in [2.75, 3.05) is 19.5 Å². The number of nitrogens with one attached hydrogen (secondary N) is 1. The number of aryl methyl sites for hydroxylation is 1. The molecule has 0 radical (unpaired) electrons. The molecule has 1 amide bonds.